The minimum Gasteiger partial charge on any atom is -0.383 e. The fourth-order valence-electron chi connectivity index (χ4n) is 1.92. The van der Waals surface area contributed by atoms with Gasteiger partial charge in [0.15, 0.2) is 0 Å². The third kappa shape index (κ3) is 2.43. The van der Waals surface area contributed by atoms with Crippen LogP contribution in [-0.4, -0.2) is 15.8 Å². The largest absolute Gasteiger partial charge is 0.383 e. The quantitative estimate of drug-likeness (QED) is 0.731. The third-order valence-electron chi connectivity index (χ3n) is 2.79. The maximum Gasteiger partial charge on any atom is 0.222 e. The molecule has 2 heterocycles. The molecule has 19 heavy (non-hydrogen) atoms. The van der Waals surface area contributed by atoms with Crippen LogP contribution >= 0.6 is 12.2 Å². The molecule has 1 aromatic carbocycles. The van der Waals surface area contributed by atoms with E-state index in [1.807, 2.05) is 42.5 Å². The predicted octanol–water partition coefficient (Wildman–Crippen LogP) is 2.20. The van der Waals surface area contributed by atoms with Crippen molar-refractivity contribution >= 4 is 29.9 Å². The number of hydrogen-bond donors (Lipinski definition) is 3. The normalized spacial score (nSPS) is 16.9. The standard InChI is InChI=1S/C13H13N5S/c14-10-8-12-16-11(17-18(12)13(19)15-10)7-6-9-4-2-1-3-5-9/h1-8,11,16-17H,(H2,14,15,19)/b7-6+. The highest BCUT2D eigenvalue weighted by molar-refractivity contribution is 7.71. The van der Waals surface area contributed by atoms with Gasteiger partial charge in [-0.2, -0.15) is 0 Å². The Labute approximate surface area is 115 Å². The van der Waals surface area contributed by atoms with Crippen LogP contribution in [0.2, 0.25) is 0 Å². The van der Waals surface area contributed by atoms with Crippen molar-refractivity contribution in [3.8, 4) is 0 Å². The van der Waals surface area contributed by atoms with Crippen LogP contribution in [-0.2, 0) is 0 Å². The van der Waals surface area contributed by atoms with Crippen molar-refractivity contribution in [2.45, 2.75) is 6.17 Å². The summed E-state index contributed by atoms with van der Waals surface area (Å²) in [7, 11) is 0. The lowest BCUT2D eigenvalue weighted by molar-refractivity contribution is 0.851. The molecule has 4 N–H and O–H groups in total. The first-order valence-electron chi connectivity index (χ1n) is 5.88. The minimum absolute atomic E-state index is 0.0366. The summed E-state index contributed by atoms with van der Waals surface area (Å²) >= 11 is 5.14. The average molecular weight is 271 g/mol. The molecule has 1 aliphatic rings. The Morgan fingerprint density at radius 1 is 1.32 bits per heavy atom. The molecule has 0 radical (unpaired) electrons. The van der Waals surface area contributed by atoms with E-state index in [1.165, 1.54) is 0 Å². The smallest absolute Gasteiger partial charge is 0.222 e. The molecular formula is C13H13N5S. The monoisotopic (exact) mass is 271 g/mol. The summed E-state index contributed by atoms with van der Waals surface area (Å²) in [6.07, 6.45) is 4.02. The summed E-state index contributed by atoms with van der Waals surface area (Å²) in [6, 6.07) is 11.8. The van der Waals surface area contributed by atoms with Crippen LogP contribution in [0.4, 0.5) is 11.6 Å². The average Bonchev–Trinajstić information content (AvgIpc) is 2.81. The van der Waals surface area contributed by atoms with Gasteiger partial charge in [0.2, 0.25) is 4.77 Å². The summed E-state index contributed by atoms with van der Waals surface area (Å²) in [6.45, 7) is 0. The first-order valence-corrected chi connectivity index (χ1v) is 6.29. The molecule has 1 unspecified atom stereocenters. The lowest BCUT2D eigenvalue weighted by atomic mass is 10.2. The molecule has 1 atom stereocenters. The van der Waals surface area contributed by atoms with Crippen LogP contribution in [0, 0.1) is 4.77 Å². The highest BCUT2D eigenvalue weighted by Gasteiger charge is 2.17. The molecule has 0 saturated carbocycles. The minimum atomic E-state index is -0.0366. The van der Waals surface area contributed by atoms with E-state index in [1.54, 1.807) is 10.7 Å². The number of fused-ring (bicyclic) bond motifs is 1. The van der Waals surface area contributed by atoms with Gasteiger partial charge in [-0.3, -0.25) is 5.43 Å². The van der Waals surface area contributed by atoms with Gasteiger partial charge in [0, 0.05) is 6.07 Å². The molecule has 3 rings (SSSR count). The molecule has 1 aliphatic heterocycles. The second-order valence-corrected chi connectivity index (χ2v) is 4.57. The van der Waals surface area contributed by atoms with Gasteiger partial charge in [0.05, 0.1) is 0 Å². The summed E-state index contributed by atoms with van der Waals surface area (Å²) < 4.78 is 2.13. The number of rotatable bonds is 2. The van der Waals surface area contributed by atoms with Crippen molar-refractivity contribution in [2.24, 2.45) is 0 Å². The zero-order valence-corrected chi connectivity index (χ0v) is 10.9. The van der Waals surface area contributed by atoms with Gasteiger partial charge in [0.25, 0.3) is 0 Å². The zero-order valence-electron chi connectivity index (χ0n) is 10.1. The van der Waals surface area contributed by atoms with E-state index in [4.69, 9.17) is 18.0 Å². The Morgan fingerprint density at radius 2 is 2.11 bits per heavy atom. The molecule has 0 spiro atoms. The number of hydrogen-bond acceptors (Lipinski definition) is 5. The Bertz CT molecular complexity index is 677. The second kappa shape index (κ2) is 4.74. The van der Waals surface area contributed by atoms with Crippen molar-refractivity contribution in [3.63, 3.8) is 0 Å². The van der Waals surface area contributed by atoms with Crippen molar-refractivity contribution in [3.05, 3.63) is 52.8 Å². The topological polar surface area (TPSA) is 67.9 Å². The first-order chi connectivity index (χ1) is 9.22. The van der Waals surface area contributed by atoms with Crippen LogP contribution in [0.25, 0.3) is 6.08 Å². The predicted molar refractivity (Wildman–Crippen MR) is 79.7 cm³/mol. The Balaban J connectivity index is 1.79. The molecule has 0 bridgehead atoms. The fourth-order valence-corrected chi connectivity index (χ4v) is 2.18. The number of nitrogens with two attached hydrogens (primary N) is 1. The van der Waals surface area contributed by atoms with Gasteiger partial charge in [-0.15, -0.1) is 0 Å². The van der Waals surface area contributed by atoms with E-state index in [0.717, 1.165) is 11.4 Å². The molecule has 96 valence electrons. The van der Waals surface area contributed by atoms with Crippen LogP contribution in [0.15, 0.2) is 42.5 Å². The van der Waals surface area contributed by atoms with E-state index >= 15 is 0 Å². The number of nitrogen functional groups attached to an aromatic ring is 1. The van der Waals surface area contributed by atoms with E-state index in [2.05, 4.69) is 15.7 Å². The summed E-state index contributed by atoms with van der Waals surface area (Å²) in [5, 5.41) is 3.26. The lowest BCUT2D eigenvalue weighted by Crippen LogP contribution is -2.22. The van der Waals surface area contributed by atoms with Gasteiger partial charge in [0.1, 0.15) is 17.8 Å². The van der Waals surface area contributed by atoms with Crippen molar-refractivity contribution in [1.29, 1.82) is 0 Å². The maximum absolute atomic E-state index is 5.67. The van der Waals surface area contributed by atoms with E-state index in [-0.39, 0.29) is 6.17 Å². The Hall–Kier alpha value is -2.34. The summed E-state index contributed by atoms with van der Waals surface area (Å²) in [5.74, 6) is 1.23. The number of anilines is 2. The van der Waals surface area contributed by atoms with Gasteiger partial charge < -0.3 is 11.1 Å². The number of nitrogens with zero attached hydrogens (tertiary/aromatic N) is 2. The molecule has 6 heteroatoms. The molecule has 0 amide bonds. The molecule has 5 nitrogen and oxygen atoms in total. The van der Waals surface area contributed by atoms with E-state index < -0.39 is 0 Å². The summed E-state index contributed by atoms with van der Waals surface area (Å²) in [4.78, 5) is 4.03. The van der Waals surface area contributed by atoms with Gasteiger partial charge >= 0.3 is 0 Å². The van der Waals surface area contributed by atoms with Crippen molar-refractivity contribution in [2.75, 3.05) is 16.5 Å². The number of benzene rings is 1. The third-order valence-corrected chi connectivity index (χ3v) is 3.07. The molecular weight excluding hydrogens is 258 g/mol. The van der Waals surface area contributed by atoms with Gasteiger partial charge in [-0.25, -0.2) is 9.66 Å². The highest BCUT2D eigenvalue weighted by atomic mass is 32.1. The lowest BCUT2D eigenvalue weighted by Gasteiger charge is -2.05. The van der Waals surface area contributed by atoms with Gasteiger partial charge in [-0.05, 0) is 23.9 Å². The van der Waals surface area contributed by atoms with E-state index in [0.29, 0.717) is 10.6 Å². The SMILES string of the molecule is Nc1cc2n(c(=S)n1)NC(/C=C/c1ccccc1)N2. The molecule has 0 saturated heterocycles. The van der Waals surface area contributed by atoms with Crippen LogP contribution in [0.1, 0.15) is 5.56 Å². The Kier molecular flexibility index (Phi) is 2.92. The second-order valence-electron chi connectivity index (χ2n) is 4.21. The van der Waals surface area contributed by atoms with Crippen LogP contribution in [0.5, 0.6) is 0 Å². The number of nitrogens with one attached hydrogen (secondary N) is 2. The number of aromatic nitrogens is 2. The maximum atomic E-state index is 5.67. The fraction of sp³-hybridized carbons (Fsp3) is 0.0769. The van der Waals surface area contributed by atoms with Crippen LogP contribution in [0.3, 0.4) is 0 Å². The Morgan fingerprint density at radius 3 is 2.89 bits per heavy atom. The summed E-state index contributed by atoms with van der Waals surface area (Å²) in [5.41, 5.74) is 10.0. The zero-order chi connectivity index (χ0) is 13.2. The molecule has 0 fully saturated rings. The van der Waals surface area contributed by atoms with Gasteiger partial charge in [-0.1, -0.05) is 36.4 Å². The molecule has 0 aliphatic carbocycles. The first kappa shape index (κ1) is 11.7. The molecule has 2 aromatic rings. The molecule has 1 aromatic heterocycles. The van der Waals surface area contributed by atoms with E-state index in [9.17, 15) is 0 Å². The van der Waals surface area contributed by atoms with Crippen molar-refractivity contribution in [1.82, 2.24) is 9.66 Å². The van der Waals surface area contributed by atoms with Crippen molar-refractivity contribution < 1.29 is 0 Å². The highest BCUT2D eigenvalue weighted by Crippen LogP contribution is 2.17. The van der Waals surface area contributed by atoms with Crippen LogP contribution < -0.4 is 16.5 Å².